The molecule has 0 aliphatic heterocycles. The number of carboxylic acid groups (broad SMARTS) is 1. The topological polar surface area (TPSA) is 53.4 Å². The molecule has 1 aromatic heterocycles. The normalized spacial score (nSPS) is 9.72. The molecule has 0 aromatic carbocycles. The van der Waals surface area contributed by atoms with Crippen LogP contribution < -0.4 is 4.90 Å². The second-order valence-corrected chi connectivity index (χ2v) is 4.14. The van der Waals surface area contributed by atoms with Gasteiger partial charge in [-0.1, -0.05) is 13.8 Å². The molecule has 4 nitrogen and oxygen atoms in total. The van der Waals surface area contributed by atoms with Crippen LogP contribution in [0.25, 0.3) is 0 Å². The van der Waals surface area contributed by atoms with E-state index in [-0.39, 0.29) is 12.4 Å². The molecule has 1 rings (SSSR count). The molecule has 1 aromatic rings. The Hall–Kier alpha value is -1.29. The number of aryl methyl sites for hydroxylation is 1. The lowest BCUT2D eigenvalue weighted by atomic mass is 10.1. The van der Waals surface area contributed by atoms with E-state index in [1.165, 1.54) is 0 Å². The van der Waals surface area contributed by atoms with Crippen molar-refractivity contribution >= 4 is 24.1 Å². The summed E-state index contributed by atoms with van der Waals surface area (Å²) >= 11 is 0. The third-order valence-corrected chi connectivity index (χ3v) is 2.58. The largest absolute Gasteiger partial charge is 0.478 e. The van der Waals surface area contributed by atoms with E-state index in [2.05, 4.69) is 23.7 Å². The van der Waals surface area contributed by atoms with Crippen molar-refractivity contribution < 1.29 is 9.90 Å². The number of hydrogen-bond acceptors (Lipinski definition) is 3. The molecule has 0 atom stereocenters. The standard InChI is InChI=1S/C13H20N2O2.ClH/c1-4-6-15(7-5-2)12-9-14-10(3)8-11(12)13(16)17;/h8-9H,4-7H2,1-3H3,(H,16,17);1H. The minimum Gasteiger partial charge on any atom is -0.478 e. The Bertz CT molecular complexity index is 391. The highest BCUT2D eigenvalue weighted by atomic mass is 35.5. The minimum absolute atomic E-state index is 0. The summed E-state index contributed by atoms with van der Waals surface area (Å²) in [6.07, 6.45) is 3.66. The lowest BCUT2D eigenvalue weighted by molar-refractivity contribution is 0.0697. The van der Waals surface area contributed by atoms with Crippen LogP contribution >= 0.6 is 12.4 Å². The molecule has 0 fully saturated rings. The number of pyridine rings is 1. The number of rotatable bonds is 6. The third kappa shape index (κ3) is 4.18. The van der Waals surface area contributed by atoms with E-state index in [1.807, 2.05) is 0 Å². The summed E-state index contributed by atoms with van der Waals surface area (Å²) in [6.45, 7) is 7.70. The van der Waals surface area contributed by atoms with Gasteiger partial charge in [0.25, 0.3) is 0 Å². The van der Waals surface area contributed by atoms with Gasteiger partial charge in [-0.2, -0.15) is 0 Å². The van der Waals surface area contributed by atoms with Gasteiger partial charge < -0.3 is 10.0 Å². The first kappa shape index (κ1) is 16.7. The number of aromatic nitrogens is 1. The number of aromatic carboxylic acids is 1. The Morgan fingerprint density at radius 3 is 2.33 bits per heavy atom. The van der Waals surface area contributed by atoms with E-state index in [0.29, 0.717) is 5.56 Å². The highest BCUT2D eigenvalue weighted by Crippen LogP contribution is 2.21. The lowest BCUT2D eigenvalue weighted by Gasteiger charge is -2.25. The molecule has 0 radical (unpaired) electrons. The van der Waals surface area contributed by atoms with E-state index in [4.69, 9.17) is 0 Å². The predicted octanol–water partition coefficient (Wildman–Crippen LogP) is 3.14. The Kier molecular flexibility index (Phi) is 7.36. The molecule has 0 saturated heterocycles. The van der Waals surface area contributed by atoms with Crippen molar-refractivity contribution in [1.29, 1.82) is 0 Å². The van der Waals surface area contributed by atoms with E-state index in [9.17, 15) is 9.90 Å². The maximum absolute atomic E-state index is 11.2. The molecular weight excluding hydrogens is 252 g/mol. The van der Waals surface area contributed by atoms with Gasteiger partial charge in [0.15, 0.2) is 0 Å². The molecule has 1 N–H and O–H groups in total. The zero-order chi connectivity index (χ0) is 12.8. The Morgan fingerprint density at radius 2 is 1.89 bits per heavy atom. The average Bonchev–Trinajstić information content (AvgIpc) is 2.28. The first-order valence-electron chi connectivity index (χ1n) is 6.05. The van der Waals surface area contributed by atoms with E-state index in [0.717, 1.165) is 37.3 Å². The second kappa shape index (κ2) is 7.93. The van der Waals surface area contributed by atoms with Crippen LogP contribution in [0.15, 0.2) is 12.3 Å². The number of halogens is 1. The number of carbonyl (C=O) groups is 1. The SMILES string of the molecule is CCCN(CCC)c1cnc(C)cc1C(=O)O.Cl. The molecule has 0 aliphatic rings. The Morgan fingerprint density at radius 1 is 1.33 bits per heavy atom. The number of nitrogens with zero attached hydrogens (tertiary/aromatic N) is 2. The molecule has 0 amide bonds. The van der Waals surface area contributed by atoms with Crippen LogP contribution in [-0.4, -0.2) is 29.1 Å². The van der Waals surface area contributed by atoms with Crippen LogP contribution in [0.1, 0.15) is 42.7 Å². The van der Waals surface area contributed by atoms with Gasteiger partial charge in [-0.15, -0.1) is 12.4 Å². The summed E-state index contributed by atoms with van der Waals surface area (Å²) in [7, 11) is 0. The van der Waals surface area contributed by atoms with Gasteiger partial charge in [0, 0.05) is 18.8 Å². The van der Waals surface area contributed by atoms with Crippen LogP contribution in [0.3, 0.4) is 0 Å². The molecule has 0 unspecified atom stereocenters. The fourth-order valence-corrected chi connectivity index (χ4v) is 1.87. The highest BCUT2D eigenvalue weighted by molar-refractivity contribution is 5.94. The van der Waals surface area contributed by atoms with Crippen molar-refractivity contribution in [2.24, 2.45) is 0 Å². The Labute approximate surface area is 114 Å². The molecule has 0 saturated carbocycles. The number of anilines is 1. The summed E-state index contributed by atoms with van der Waals surface area (Å²) in [5.41, 5.74) is 1.81. The van der Waals surface area contributed by atoms with Gasteiger partial charge in [0.1, 0.15) is 0 Å². The predicted molar refractivity (Wildman–Crippen MR) is 76.0 cm³/mol. The summed E-state index contributed by atoms with van der Waals surface area (Å²) < 4.78 is 0. The smallest absolute Gasteiger partial charge is 0.337 e. The maximum Gasteiger partial charge on any atom is 0.337 e. The quantitative estimate of drug-likeness (QED) is 0.864. The van der Waals surface area contributed by atoms with E-state index in [1.54, 1.807) is 19.2 Å². The van der Waals surface area contributed by atoms with Crippen molar-refractivity contribution in [3.8, 4) is 0 Å². The fourth-order valence-electron chi connectivity index (χ4n) is 1.87. The van der Waals surface area contributed by atoms with Crippen LogP contribution in [0.2, 0.25) is 0 Å². The van der Waals surface area contributed by atoms with Gasteiger partial charge in [0.05, 0.1) is 17.4 Å². The minimum atomic E-state index is -0.886. The molecule has 5 heteroatoms. The van der Waals surface area contributed by atoms with E-state index >= 15 is 0 Å². The summed E-state index contributed by atoms with van der Waals surface area (Å²) in [5.74, 6) is -0.886. The highest BCUT2D eigenvalue weighted by Gasteiger charge is 2.15. The molecule has 102 valence electrons. The van der Waals surface area contributed by atoms with Gasteiger partial charge in [0.2, 0.25) is 0 Å². The van der Waals surface area contributed by atoms with Gasteiger partial charge >= 0.3 is 5.97 Å². The molecule has 0 aliphatic carbocycles. The molecule has 0 spiro atoms. The number of hydrogen-bond donors (Lipinski definition) is 1. The first-order valence-corrected chi connectivity index (χ1v) is 6.05. The third-order valence-electron chi connectivity index (χ3n) is 2.58. The monoisotopic (exact) mass is 272 g/mol. The average molecular weight is 273 g/mol. The van der Waals surface area contributed by atoms with Crippen LogP contribution in [-0.2, 0) is 0 Å². The lowest BCUT2D eigenvalue weighted by Crippen LogP contribution is -2.27. The first-order chi connectivity index (χ1) is 8.10. The zero-order valence-electron chi connectivity index (χ0n) is 11.1. The maximum atomic E-state index is 11.2. The van der Waals surface area contributed by atoms with Gasteiger partial charge in [-0.25, -0.2) is 4.79 Å². The van der Waals surface area contributed by atoms with E-state index < -0.39 is 5.97 Å². The van der Waals surface area contributed by atoms with Crippen LogP contribution in [0.5, 0.6) is 0 Å². The molecular formula is C13H21ClN2O2. The summed E-state index contributed by atoms with van der Waals surface area (Å²) in [6, 6.07) is 1.63. The van der Waals surface area contributed by atoms with Crippen LogP contribution in [0, 0.1) is 6.92 Å². The fraction of sp³-hybridized carbons (Fsp3) is 0.538. The van der Waals surface area contributed by atoms with Crippen molar-refractivity contribution in [2.75, 3.05) is 18.0 Å². The summed E-state index contributed by atoms with van der Waals surface area (Å²) in [4.78, 5) is 17.5. The van der Waals surface area contributed by atoms with Crippen molar-refractivity contribution in [3.05, 3.63) is 23.5 Å². The summed E-state index contributed by atoms with van der Waals surface area (Å²) in [5, 5.41) is 9.22. The zero-order valence-corrected chi connectivity index (χ0v) is 12.0. The molecule has 18 heavy (non-hydrogen) atoms. The van der Waals surface area contributed by atoms with Gasteiger partial charge in [-0.05, 0) is 25.8 Å². The Balaban J connectivity index is 0.00000289. The van der Waals surface area contributed by atoms with Crippen molar-refractivity contribution in [2.45, 2.75) is 33.6 Å². The molecule has 1 heterocycles. The number of carboxylic acids is 1. The van der Waals surface area contributed by atoms with Crippen LogP contribution in [0.4, 0.5) is 5.69 Å². The van der Waals surface area contributed by atoms with Crippen molar-refractivity contribution in [3.63, 3.8) is 0 Å². The molecule has 0 bridgehead atoms. The van der Waals surface area contributed by atoms with Crippen molar-refractivity contribution in [1.82, 2.24) is 4.98 Å². The second-order valence-electron chi connectivity index (χ2n) is 4.14. The van der Waals surface area contributed by atoms with Gasteiger partial charge in [-0.3, -0.25) is 4.98 Å².